The normalized spacial score (nSPS) is 22.5. The largest absolute Gasteiger partial charge is 0.348 e. The Bertz CT molecular complexity index is 615. The van der Waals surface area contributed by atoms with Gasteiger partial charge in [0.05, 0.1) is 18.1 Å². The highest BCUT2D eigenvalue weighted by atomic mass is 32.2. The van der Waals surface area contributed by atoms with Crippen molar-refractivity contribution in [3.63, 3.8) is 0 Å². The highest BCUT2D eigenvalue weighted by molar-refractivity contribution is 7.89. The van der Waals surface area contributed by atoms with Crippen molar-refractivity contribution in [1.82, 2.24) is 4.31 Å². The maximum Gasteiger partial charge on any atom is 0.243 e. The van der Waals surface area contributed by atoms with Crippen molar-refractivity contribution in [2.24, 2.45) is 0 Å². The fraction of sp³-hybridized carbons (Fsp3) is 0.600. The number of halogens is 1. The van der Waals surface area contributed by atoms with Gasteiger partial charge in [-0.3, -0.25) is 0 Å². The Morgan fingerprint density at radius 2 is 1.68 bits per heavy atom. The zero-order valence-electron chi connectivity index (χ0n) is 12.5. The van der Waals surface area contributed by atoms with Gasteiger partial charge in [0.15, 0.2) is 5.79 Å². The molecule has 1 aromatic carbocycles. The second kappa shape index (κ2) is 5.88. The Morgan fingerprint density at radius 1 is 1.14 bits per heavy atom. The lowest BCUT2D eigenvalue weighted by molar-refractivity contribution is -0.181. The first-order chi connectivity index (χ1) is 10.4. The standard InChI is InChI=1S/C15H20FNO4S/c1-17(22(18,19)14-4-2-12(16)3-5-14)13-6-8-15(9-7-13)20-10-11-21-15/h2-5,13H,6-11H2,1H3. The molecule has 2 fully saturated rings. The van der Waals surface area contributed by atoms with Crippen molar-refractivity contribution in [3.05, 3.63) is 30.1 Å². The molecule has 5 nitrogen and oxygen atoms in total. The zero-order valence-corrected chi connectivity index (χ0v) is 13.3. The predicted molar refractivity (Wildman–Crippen MR) is 78.2 cm³/mol. The van der Waals surface area contributed by atoms with E-state index in [1.807, 2.05) is 0 Å². The number of rotatable bonds is 3. The van der Waals surface area contributed by atoms with Crippen molar-refractivity contribution >= 4 is 10.0 Å². The molecule has 1 aliphatic carbocycles. The van der Waals surface area contributed by atoms with Crippen LogP contribution in [0.3, 0.4) is 0 Å². The third kappa shape index (κ3) is 2.90. The van der Waals surface area contributed by atoms with Crippen LogP contribution in [0.1, 0.15) is 25.7 Å². The van der Waals surface area contributed by atoms with Crippen LogP contribution in [0.25, 0.3) is 0 Å². The monoisotopic (exact) mass is 329 g/mol. The van der Waals surface area contributed by atoms with Crippen molar-refractivity contribution in [2.75, 3.05) is 20.3 Å². The molecule has 0 unspecified atom stereocenters. The van der Waals surface area contributed by atoms with E-state index < -0.39 is 21.6 Å². The minimum atomic E-state index is -3.61. The molecule has 3 rings (SSSR count). The molecule has 1 saturated heterocycles. The Hall–Kier alpha value is -1.02. The smallest absolute Gasteiger partial charge is 0.243 e. The second-order valence-electron chi connectivity index (χ2n) is 5.81. The molecular formula is C15H20FNO4S. The molecule has 2 aliphatic rings. The van der Waals surface area contributed by atoms with E-state index in [1.54, 1.807) is 7.05 Å². The summed E-state index contributed by atoms with van der Waals surface area (Å²) in [4.78, 5) is 0.116. The van der Waals surface area contributed by atoms with Gasteiger partial charge in [0, 0.05) is 25.9 Å². The molecule has 0 atom stereocenters. The summed E-state index contributed by atoms with van der Waals surface area (Å²) in [5, 5.41) is 0. The highest BCUT2D eigenvalue weighted by Crippen LogP contribution is 2.38. The number of nitrogens with zero attached hydrogens (tertiary/aromatic N) is 1. The highest BCUT2D eigenvalue weighted by Gasteiger charge is 2.42. The van der Waals surface area contributed by atoms with Crippen LogP contribution in [-0.2, 0) is 19.5 Å². The number of ether oxygens (including phenoxy) is 2. The number of hydrogen-bond donors (Lipinski definition) is 0. The summed E-state index contributed by atoms with van der Waals surface area (Å²) >= 11 is 0. The molecule has 22 heavy (non-hydrogen) atoms. The van der Waals surface area contributed by atoms with Crippen LogP contribution in [0.15, 0.2) is 29.2 Å². The molecule has 1 aromatic rings. The van der Waals surface area contributed by atoms with Crippen molar-refractivity contribution < 1.29 is 22.3 Å². The minimum Gasteiger partial charge on any atom is -0.348 e. The Labute approximate surface area is 130 Å². The second-order valence-corrected chi connectivity index (χ2v) is 7.81. The maximum absolute atomic E-state index is 13.0. The first-order valence-electron chi connectivity index (χ1n) is 7.44. The van der Waals surface area contributed by atoms with Crippen LogP contribution in [-0.4, -0.2) is 44.8 Å². The van der Waals surface area contributed by atoms with Crippen molar-refractivity contribution in [1.29, 1.82) is 0 Å². The van der Waals surface area contributed by atoms with Gasteiger partial charge in [-0.2, -0.15) is 4.31 Å². The van der Waals surface area contributed by atoms with E-state index in [2.05, 4.69) is 0 Å². The van der Waals surface area contributed by atoms with Crippen LogP contribution < -0.4 is 0 Å². The van der Waals surface area contributed by atoms with Gasteiger partial charge < -0.3 is 9.47 Å². The Morgan fingerprint density at radius 3 is 2.23 bits per heavy atom. The van der Waals surface area contributed by atoms with Crippen LogP contribution in [0.5, 0.6) is 0 Å². The summed E-state index contributed by atoms with van der Waals surface area (Å²) in [6.45, 7) is 1.21. The molecule has 0 N–H and O–H groups in total. The molecule has 0 bridgehead atoms. The average Bonchev–Trinajstić information content (AvgIpc) is 2.96. The predicted octanol–water partition coefficient (Wildman–Crippen LogP) is 2.13. The molecule has 122 valence electrons. The molecule has 1 saturated carbocycles. The topological polar surface area (TPSA) is 55.8 Å². The van der Waals surface area contributed by atoms with E-state index in [1.165, 1.54) is 16.4 Å². The maximum atomic E-state index is 13.0. The third-order valence-corrected chi connectivity index (χ3v) is 6.46. The van der Waals surface area contributed by atoms with Gasteiger partial charge in [0.2, 0.25) is 10.0 Å². The minimum absolute atomic E-state index is 0.0894. The molecular weight excluding hydrogens is 309 g/mol. The summed E-state index contributed by atoms with van der Waals surface area (Å²) in [6.07, 6.45) is 2.77. The SMILES string of the molecule is CN(C1CCC2(CC1)OCCO2)S(=O)(=O)c1ccc(F)cc1. The summed E-state index contributed by atoms with van der Waals surface area (Å²) in [6, 6.07) is 4.84. The number of benzene rings is 1. The molecule has 7 heteroatoms. The van der Waals surface area contributed by atoms with Gasteiger partial charge in [0.25, 0.3) is 0 Å². The summed E-state index contributed by atoms with van der Waals surface area (Å²) in [7, 11) is -2.02. The fourth-order valence-corrected chi connectivity index (χ4v) is 4.58. The van der Waals surface area contributed by atoms with E-state index in [4.69, 9.17) is 9.47 Å². The Kier molecular flexibility index (Phi) is 4.24. The van der Waals surface area contributed by atoms with E-state index in [0.29, 0.717) is 38.9 Å². The first kappa shape index (κ1) is 15.9. The van der Waals surface area contributed by atoms with E-state index in [9.17, 15) is 12.8 Å². The van der Waals surface area contributed by atoms with Gasteiger partial charge in [-0.1, -0.05) is 0 Å². The van der Waals surface area contributed by atoms with Crippen LogP contribution >= 0.6 is 0 Å². The fourth-order valence-electron chi connectivity index (χ4n) is 3.16. The zero-order chi connectivity index (χ0) is 15.8. The van der Waals surface area contributed by atoms with Crippen LogP contribution in [0, 0.1) is 5.82 Å². The van der Waals surface area contributed by atoms with Crippen LogP contribution in [0.2, 0.25) is 0 Å². The van der Waals surface area contributed by atoms with Crippen molar-refractivity contribution in [2.45, 2.75) is 42.4 Å². The molecule has 1 heterocycles. The van der Waals surface area contributed by atoms with Gasteiger partial charge in [-0.25, -0.2) is 12.8 Å². The lowest BCUT2D eigenvalue weighted by Gasteiger charge is -2.38. The van der Waals surface area contributed by atoms with E-state index in [-0.39, 0.29) is 10.9 Å². The molecule has 1 aliphatic heterocycles. The first-order valence-corrected chi connectivity index (χ1v) is 8.89. The van der Waals surface area contributed by atoms with Crippen molar-refractivity contribution in [3.8, 4) is 0 Å². The molecule has 0 amide bonds. The molecule has 0 radical (unpaired) electrons. The summed E-state index contributed by atoms with van der Waals surface area (Å²) in [5.74, 6) is -0.950. The molecule has 1 spiro atoms. The lowest BCUT2D eigenvalue weighted by atomic mass is 9.90. The average molecular weight is 329 g/mol. The number of sulfonamides is 1. The van der Waals surface area contributed by atoms with E-state index >= 15 is 0 Å². The number of hydrogen-bond acceptors (Lipinski definition) is 4. The lowest BCUT2D eigenvalue weighted by Crippen LogP contribution is -2.44. The van der Waals surface area contributed by atoms with Gasteiger partial charge in [-0.05, 0) is 37.1 Å². The van der Waals surface area contributed by atoms with Gasteiger partial charge >= 0.3 is 0 Å². The quantitative estimate of drug-likeness (QED) is 0.852. The third-order valence-electron chi connectivity index (χ3n) is 4.54. The summed E-state index contributed by atoms with van der Waals surface area (Å²) in [5.41, 5.74) is 0. The Balaban J connectivity index is 1.71. The van der Waals surface area contributed by atoms with E-state index in [0.717, 1.165) is 12.1 Å². The van der Waals surface area contributed by atoms with Gasteiger partial charge in [-0.15, -0.1) is 0 Å². The van der Waals surface area contributed by atoms with Crippen LogP contribution in [0.4, 0.5) is 4.39 Å². The molecule has 0 aromatic heterocycles. The summed E-state index contributed by atoms with van der Waals surface area (Å²) < 4.78 is 50.9. The van der Waals surface area contributed by atoms with Gasteiger partial charge in [0.1, 0.15) is 5.82 Å².